The van der Waals surface area contributed by atoms with E-state index in [1.54, 1.807) is 23.3 Å². The zero-order chi connectivity index (χ0) is 21.1. The van der Waals surface area contributed by atoms with E-state index in [0.29, 0.717) is 5.56 Å². The Hall–Kier alpha value is -2.63. The Morgan fingerprint density at radius 1 is 1.03 bits per heavy atom. The Kier molecular flexibility index (Phi) is 6.21. The van der Waals surface area contributed by atoms with Crippen molar-refractivity contribution in [2.24, 2.45) is 0 Å². The molecule has 1 amide bonds. The molecule has 156 valence electrons. The quantitative estimate of drug-likeness (QED) is 0.620. The summed E-state index contributed by atoms with van der Waals surface area (Å²) in [5.41, 5.74) is 4.48. The summed E-state index contributed by atoms with van der Waals surface area (Å²) in [5, 5.41) is 4.20. The van der Waals surface area contributed by atoms with Crippen molar-refractivity contribution in [3.05, 3.63) is 81.7 Å². The number of benzene rings is 2. The van der Waals surface area contributed by atoms with Gasteiger partial charge in [-0.1, -0.05) is 18.2 Å². The predicted octanol–water partition coefficient (Wildman–Crippen LogP) is 4.39. The van der Waals surface area contributed by atoms with E-state index in [1.807, 2.05) is 42.5 Å². The topological polar surface area (TPSA) is 42.8 Å². The van der Waals surface area contributed by atoms with Crippen LogP contribution in [0.25, 0.3) is 0 Å². The largest absolute Gasteiger partial charge is 0.497 e. The second-order valence-electron chi connectivity index (χ2n) is 7.92. The molecule has 3 aromatic rings. The lowest BCUT2D eigenvalue weighted by atomic mass is 9.95. The van der Waals surface area contributed by atoms with E-state index < -0.39 is 0 Å². The van der Waals surface area contributed by atoms with Crippen molar-refractivity contribution >= 4 is 22.2 Å². The molecule has 1 fully saturated rings. The van der Waals surface area contributed by atoms with Crippen molar-refractivity contribution in [1.29, 1.82) is 0 Å². The van der Waals surface area contributed by atoms with Crippen LogP contribution in [0, 0.1) is 13.8 Å². The normalized spacial score (nSPS) is 15.2. The fraction of sp³-hybridized carbons (Fsp3) is 0.320. The molecule has 2 heterocycles. The average molecular weight is 422 g/mol. The fourth-order valence-electron chi connectivity index (χ4n) is 4.37. The summed E-state index contributed by atoms with van der Waals surface area (Å²) >= 11 is 1.68. The summed E-state index contributed by atoms with van der Waals surface area (Å²) in [7, 11) is 1.70. The van der Waals surface area contributed by atoms with E-state index >= 15 is 0 Å². The summed E-state index contributed by atoms with van der Waals surface area (Å²) in [6.07, 6.45) is 2.49. The number of amides is 1. The fourth-order valence-corrected chi connectivity index (χ4v) is 5.46. The molecule has 0 bridgehead atoms. The first-order chi connectivity index (χ1) is 14.6. The van der Waals surface area contributed by atoms with E-state index in [2.05, 4.69) is 31.3 Å². The highest BCUT2D eigenvalue weighted by molar-refractivity contribution is 7.16. The Bertz CT molecular complexity index is 1010. The van der Waals surface area contributed by atoms with Crippen LogP contribution in [0.2, 0.25) is 0 Å². The van der Waals surface area contributed by atoms with Crippen LogP contribution in [0.3, 0.4) is 0 Å². The number of hydrogen-bond acceptors (Lipinski definition) is 3. The number of hydrogen-bond donors (Lipinski definition) is 2. The lowest BCUT2D eigenvalue weighted by molar-refractivity contribution is -0.913. The van der Waals surface area contributed by atoms with Gasteiger partial charge in [-0.2, -0.15) is 0 Å². The maximum absolute atomic E-state index is 12.9. The Morgan fingerprint density at radius 2 is 1.70 bits per heavy atom. The molecule has 0 aliphatic carbocycles. The van der Waals surface area contributed by atoms with E-state index in [0.717, 1.165) is 23.8 Å². The Labute approximate surface area is 182 Å². The van der Waals surface area contributed by atoms with E-state index in [-0.39, 0.29) is 11.9 Å². The molecule has 1 aliphatic heterocycles. The highest BCUT2D eigenvalue weighted by Crippen LogP contribution is 2.39. The summed E-state index contributed by atoms with van der Waals surface area (Å²) in [6.45, 7) is 6.63. The highest BCUT2D eigenvalue weighted by atomic mass is 32.1. The zero-order valence-corrected chi connectivity index (χ0v) is 18.6. The van der Waals surface area contributed by atoms with Crippen LogP contribution in [0.1, 0.15) is 50.8 Å². The number of likely N-dealkylation sites (tertiary alicyclic amines) is 1. The van der Waals surface area contributed by atoms with Crippen LogP contribution in [0.5, 0.6) is 5.75 Å². The number of aryl methyl sites for hydroxylation is 1. The minimum atomic E-state index is -0.0528. The van der Waals surface area contributed by atoms with Gasteiger partial charge in [-0.05, 0) is 55.8 Å². The average Bonchev–Trinajstić information content (AvgIpc) is 3.40. The van der Waals surface area contributed by atoms with Crippen LogP contribution in [0.15, 0.2) is 54.6 Å². The van der Waals surface area contributed by atoms with E-state index in [9.17, 15) is 4.79 Å². The molecule has 1 atom stereocenters. The molecular formula is C25H29N2O2S+. The smallest absolute Gasteiger partial charge is 0.256 e. The second-order valence-corrected chi connectivity index (χ2v) is 9.14. The summed E-state index contributed by atoms with van der Waals surface area (Å²) in [4.78, 5) is 15.7. The number of quaternary nitrogens is 1. The van der Waals surface area contributed by atoms with Gasteiger partial charge in [0.15, 0.2) is 0 Å². The second kappa shape index (κ2) is 9.02. The number of carbonyl (C=O) groups is 1. The molecular weight excluding hydrogens is 392 g/mol. The maximum Gasteiger partial charge on any atom is 0.256 e. The van der Waals surface area contributed by atoms with Gasteiger partial charge in [0.25, 0.3) is 5.91 Å². The van der Waals surface area contributed by atoms with Crippen LogP contribution in [0.4, 0.5) is 5.00 Å². The first kappa shape index (κ1) is 20.6. The van der Waals surface area contributed by atoms with Gasteiger partial charge in [-0.15, -0.1) is 11.3 Å². The van der Waals surface area contributed by atoms with Gasteiger partial charge in [0.1, 0.15) is 16.8 Å². The lowest BCUT2D eigenvalue weighted by Crippen LogP contribution is -3.10. The number of thiophene rings is 1. The number of anilines is 1. The van der Waals surface area contributed by atoms with Gasteiger partial charge in [-0.25, -0.2) is 0 Å². The maximum atomic E-state index is 12.9. The first-order valence-electron chi connectivity index (χ1n) is 10.5. The van der Waals surface area contributed by atoms with Crippen molar-refractivity contribution < 1.29 is 14.4 Å². The molecule has 0 unspecified atom stereocenters. The van der Waals surface area contributed by atoms with Gasteiger partial charge < -0.3 is 15.0 Å². The molecule has 1 aliphatic rings. The predicted molar refractivity (Wildman–Crippen MR) is 123 cm³/mol. The van der Waals surface area contributed by atoms with Crippen molar-refractivity contribution in [3.63, 3.8) is 0 Å². The van der Waals surface area contributed by atoms with Crippen molar-refractivity contribution in [2.75, 3.05) is 25.5 Å². The molecule has 4 rings (SSSR count). The molecule has 4 nitrogen and oxygen atoms in total. The van der Waals surface area contributed by atoms with Gasteiger partial charge in [0.2, 0.25) is 0 Å². The number of rotatable bonds is 6. The lowest BCUT2D eigenvalue weighted by Gasteiger charge is -2.27. The standard InChI is InChI=1S/C25H28N2O2S/c1-17-18(2)30-25(26-24(28)20-9-5-4-6-10-20)22(17)23(27-15-7-8-16-27)19-11-13-21(29-3)14-12-19/h4-6,9-14,23H,7-8,15-16H2,1-3H3,(H,26,28)/p+1/t23-/m0/s1. The third-order valence-corrected chi connectivity index (χ3v) is 7.23. The van der Waals surface area contributed by atoms with E-state index in [4.69, 9.17) is 4.74 Å². The van der Waals surface area contributed by atoms with E-state index in [1.165, 1.54) is 34.4 Å². The molecule has 0 spiro atoms. The third-order valence-electron chi connectivity index (χ3n) is 6.09. The van der Waals surface area contributed by atoms with Gasteiger partial charge in [0, 0.05) is 28.8 Å². The van der Waals surface area contributed by atoms with Gasteiger partial charge >= 0.3 is 0 Å². The number of methoxy groups -OCH3 is 1. The molecule has 5 heteroatoms. The molecule has 0 radical (unpaired) electrons. The zero-order valence-electron chi connectivity index (χ0n) is 17.8. The van der Waals surface area contributed by atoms with Gasteiger partial charge in [-0.3, -0.25) is 4.79 Å². The molecule has 30 heavy (non-hydrogen) atoms. The summed E-state index contributed by atoms with van der Waals surface area (Å²) < 4.78 is 5.37. The summed E-state index contributed by atoms with van der Waals surface area (Å²) in [6, 6.07) is 18.1. The van der Waals surface area contributed by atoms with Crippen LogP contribution in [-0.2, 0) is 0 Å². The number of nitrogens with one attached hydrogen (secondary N) is 2. The Balaban J connectivity index is 1.75. The minimum Gasteiger partial charge on any atom is -0.497 e. The molecule has 0 saturated carbocycles. The summed E-state index contributed by atoms with van der Waals surface area (Å²) in [5.74, 6) is 0.813. The number of carbonyl (C=O) groups excluding carboxylic acids is 1. The molecule has 1 saturated heterocycles. The van der Waals surface area contributed by atoms with Gasteiger partial charge in [0.05, 0.1) is 25.8 Å². The first-order valence-corrected chi connectivity index (χ1v) is 11.3. The third kappa shape index (κ3) is 4.13. The monoisotopic (exact) mass is 421 g/mol. The minimum absolute atomic E-state index is 0.0528. The number of ether oxygens (including phenoxy) is 1. The molecule has 2 aromatic carbocycles. The highest BCUT2D eigenvalue weighted by Gasteiger charge is 2.34. The SMILES string of the molecule is COc1ccc([C@@H](c2c(NC(=O)c3ccccc3)sc(C)c2C)[NH+]2CCCC2)cc1. The Morgan fingerprint density at radius 3 is 2.33 bits per heavy atom. The van der Waals surface area contributed by atoms with Crippen LogP contribution in [-0.4, -0.2) is 26.1 Å². The van der Waals surface area contributed by atoms with Crippen LogP contribution >= 0.6 is 11.3 Å². The molecule has 1 aromatic heterocycles. The van der Waals surface area contributed by atoms with Crippen molar-refractivity contribution in [3.8, 4) is 5.75 Å². The van der Waals surface area contributed by atoms with Crippen molar-refractivity contribution in [2.45, 2.75) is 32.7 Å². The molecule has 2 N–H and O–H groups in total. The van der Waals surface area contributed by atoms with Crippen LogP contribution < -0.4 is 15.0 Å². The van der Waals surface area contributed by atoms with Crippen molar-refractivity contribution in [1.82, 2.24) is 0 Å².